The Labute approximate surface area is 117 Å². The minimum Gasteiger partial charge on any atom is -0.465 e. The highest BCUT2D eigenvalue weighted by Crippen LogP contribution is 2.21. The number of Topliss-reactive ketones (excluding diaryl/α,β-unsaturated/α-hetero) is 1. The van der Waals surface area contributed by atoms with Crippen molar-refractivity contribution in [2.45, 2.75) is 27.3 Å². The number of aromatic nitrogens is 2. The third-order valence-electron chi connectivity index (χ3n) is 3.32. The minimum atomic E-state index is -1.15. The van der Waals surface area contributed by atoms with Crippen molar-refractivity contribution < 1.29 is 14.3 Å². The van der Waals surface area contributed by atoms with Crippen molar-refractivity contribution in [2.75, 3.05) is 6.61 Å². The Morgan fingerprint density at radius 2 is 2.00 bits per heavy atom. The third kappa shape index (κ3) is 2.57. The number of carbonyl (C=O) groups excluding carboxylic acids is 2. The number of ether oxygens (including phenoxy) is 1. The van der Waals surface area contributed by atoms with Crippen LogP contribution in [0.25, 0.3) is 11.0 Å². The SMILES string of the molecule is CCOC(=O)C(C)(C)C(=O)Cn1cnc2ccccc21. The van der Waals surface area contributed by atoms with E-state index in [1.807, 2.05) is 24.3 Å². The molecular weight excluding hydrogens is 256 g/mol. The second-order valence-electron chi connectivity index (χ2n) is 5.13. The smallest absolute Gasteiger partial charge is 0.319 e. The fraction of sp³-hybridized carbons (Fsp3) is 0.400. The predicted molar refractivity (Wildman–Crippen MR) is 75.2 cm³/mol. The fourth-order valence-electron chi connectivity index (χ4n) is 1.91. The molecule has 106 valence electrons. The highest BCUT2D eigenvalue weighted by molar-refractivity contribution is 6.03. The van der Waals surface area contributed by atoms with Gasteiger partial charge >= 0.3 is 5.97 Å². The molecule has 0 spiro atoms. The summed E-state index contributed by atoms with van der Waals surface area (Å²) in [6.07, 6.45) is 1.61. The monoisotopic (exact) mass is 274 g/mol. The number of carbonyl (C=O) groups is 2. The molecule has 0 N–H and O–H groups in total. The number of rotatable bonds is 5. The van der Waals surface area contributed by atoms with E-state index in [0.717, 1.165) is 11.0 Å². The fourth-order valence-corrected chi connectivity index (χ4v) is 1.91. The molecular formula is C15H18N2O3. The summed E-state index contributed by atoms with van der Waals surface area (Å²) in [5.41, 5.74) is 0.552. The van der Waals surface area contributed by atoms with Gasteiger partial charge in [0.25, 0.3) is 0 Å². The molecule has 0 aliphatic rings. The molecule has 0 aliphatic heterocycles. The van der Waals surface area contributed by atoms with Crippen molar-refractivity contribution in [3.8, 4) is 0 Å². The van der Waals surface area contributed by atoms with Crippen LogP contribution in [-0.2, 0) is 20.9 Å². The summed E-state index contributed by atoms with van der Waals surface area (Å²) in [5, 5.41) is 0. The molecule has 2 aromatic rings. The van der Waals surface area contributed by atoms with Crippen LogP contribution in [0.5, 0.6) is 0 Å². The zero-order chi connectivity index (χ0) is 14.8. The summed E-state index contributed by atoms with van der Waals surface area (Å²) in [4.78, 5) is 28.4. The van der Waals surface area contributed by atoms with Gasteiger partial charge in [-0.2, -0.15) is 0 Å². The Balaban J connectivity index is 2.21. The van der Waals surface area contributed by atoms with Crippen LogP contribution >= 0.6 is 0 Å². The molecule has 0 fully saturated rings. The molecule has 0 aliphatic carbocycles. The van der Waals surface area contributed by atoms with E-state index in [4.69, 9.17) is 4.74 Å². The Kier molecular flexibility index (Phi) is 3.88. The van der Waals surface area contributed by atoms with E-state index in [9.17, 15) is 9.59 Å². The molecule has 5 nitrogen and oxygen atoms in total. The number of hydrogen-bond donors (Lipinski definition) is 0. The number of ketones is 1. The summed E-state index contributed by atoms with van der Waals surface area (Å²) < 4.78 is 6.70. The number of esters is 1. The van der Waals surface area contributed by atoms with Gasteiger partial charge in [-0.25, -0.2) is 4.98 Å². The van der Waals surface area contributed by atoms with Gasteiger partial charge in [0.1, 0.15) is 5.41 Å². The first-order chi connectivity index (χ1) is 9.46. The van der Waals surface area contributed by atoms with Crippen molar-refractivity contribution in [3.05, 3.63) is 30.6 Å². The van der Waals surface area contributed by atoms with E-state index in [1.54, 1.807) is 31.7 Å². The lowest BCUT2D eigenvalue weighted by molar-refractivity contribution is -0.158. The quantitative estimate of drug-likeness (QED) is 0.619. The van der Waals surface area contributed by atoms with Crippen LogP contribution in [-0.4, -0.2) is 27.9 Å². The summed E-state index contributed by atoms with van der Waals surface area (Å²) in [7, 11) is 0. The van der Waals surface area contributed by atoms with Crippen LogP contribution in [0.4, 0.5) is 0 Å². The van der Waals surface area contributed by atoms with Gasteiger partial charge in [-0.15, -0.1) is 0 Å². The highest BCUT2D eigenvalue weighted by Gasteiger charge is 2.37. The van der Waals surface area contributed by atoms with Crippen LogP contribution in [0.1, 0.15) is 20.8 Å². The van der Waals surface area contributed by atoms with E-state index in [1.165, 1.54) is 0 Å². The van der Waals surface area contributed by atoms with E-state index >= 15 is 0 Å². The van der Waals surface area contributed by atoms with Crippen molar-refractivity contribution in [1.82, 2.24) is 9.55 Å². The minimum absolute atomic E-state index is 0.103. The lowest BCUT2D eigenvalue weighted by atomic mass is 9.88. The van der Waals surface area contributed by atoms with E-state index in [2.05, 4.69) is 4.98 Å². The third-order valence-corrected chi connectivity index (χ3v) is 3.32. The highest BCUT2D eigenvalue weighted by atomic mass is 16.5. The molecule has 0 saturated heterocycles. The maximum absolute atomic E-state index is 12.3. The Morgan fingerprint density at radius 3 is 2.70 bits per heavy atom. The van der Waals surface area contributed by atoms with Crippen molar-refractivity contribution in [1.29, 1.82) is 0 Å². The van der Waals surface area contributed by atoms with Gasteiger partial charge in [0.2, 0.25) is 0 Å². The topological polar surface area (TPSA) is 61.2 Å². The zero-order valence-electron chi connectivity index (χ0n) is 11.9. The number of para-hydroxylation sites is 2. The van der Waals surface area contributed by atoms with Crippen LogP contribution in [0, 0.1) is 5.41 Å². The second-order valence-corrected chi connectivity index (χ2v) is 5.13. The molecule has 5 heteroatoms. The van der Waals surface area contributed by atoms with Crippen molar-refractivity contribution >= 4 is 22.8 Å². The number of hydrogen-bond acceptors (Lipinski definition) is 4. The number of imidazole rings is 1. The molecule has 2 rings (SSSR count). The summed E-state index contributed by atoms with van der Waals surface area (Å²) >= 11 is 0. The molecule has 0 bridgehead atoms. The first kappa shape index (κ1) is 14.2. The summed E-state index contributed by atoms with van der Waals surface area (Å²) in [5.74, 6) is -0.687. The standard InChI is InChI=1S/C15H18N2O3/c1-4-20-14(19)15(2,3)13(18)9-17-10-16-11-7-5-6-8-12(11)17/h5-8,10H,4,9H2,1-3H3. The second kappa shape index (κ2) is 5.45. The molecule has 1 aromatic carbocycles. The molecule has 0 saturated carbocycles. The van der Waals surface area contributed by atoms with Crippen LogP contribution in [0.2, 0.25) is 0 Å². The Morgan fingerprint density at radius 1 is 1.30 bits per heavy atom. The van der Waals surface area contributed by atoms with Crippen LogP contribution < -0.4 is 0 Å². The molecule has 0 amide bonds. The van der Waals surface area contributed by atoms with Crippen LogP contribution in [0.15, 0.2) is 30.6 Å². The number of benzene rings is 1. The maximum atomic E-state index is 12.3. The normalized spacial score (nSPS) is 11.6. The van der Waals surface area contributed by atoms with E-state index in [-0.39, 0.29) is 18.9 Å². The zero-order valence-corrected chi connectivity index (χ0v) is 11.9. The molecule has 0 unspecified atom stereocenters. The molecule has 0 atom stereocenters. The molecule has 1 heterocycles. The van der Waals surface area contributed by atoms with Gasteiger partial charge in [0.05, 0.1) is 30.5 Å². The van der Waals surface area contributed by atoms with E-state index < -0.39 is 11.4 Å². The largest absolute Gasteiger partial charge is 0.465 e. The van der Waals surface area contributed by atoms with Gasteiger partial charge < -0.3 is 9.30 Å². The van der Waals surface area contributed by atoms with Crippen molar-refractivity contribution in [2.24, 2.45) is 5.41 Å². The predicted octanol–water partition coefficient (Wildman–Crippen LogP) is 2.19. The summed E-state index contributed by atoms with van der Waals surface area (Å²) in [6, 6.07) is 7.56. The number of fused-ring (bicyclic) bond motifs is 1. The van der Waals surface area contributed by atoms with Gasteiger partial charge in [-0.05, 0) is 32.9 Å². The Bertz CT molecular complexity index is 643. The summed E-state index contributed by atoms with van der Waals surface area (Å²) in [6.45, 7) is 5.27. The first-order valence-corrected chi connectivity index (χ1v) is 6.57. The maximum Gasteiger partial charge on any atom is 0.319 e. The van der Waals surface area contributed by atoms with Crippen molar-refractivity contribution in [3.63, 3.8) is 0 Å². The molecule has 20 heavy (non-hydrogen) atoms. The molecule has 1 aromatic heterocycles. The van der Waals surface area contributed by atoms with Gasteiger partial charge in [0, 0.05) is 0 Å². The lowest BCUT2D eigenvalue weighted by Crippen LogP contribution is -2.37. The van der Waals surface area contributed by atoms with Gasteiger partial charge in [0.15, 0.2) is 5.78 Å². The average Bonchev–Trinajstić information content (AvgIpc) is 2.82. The van der Waals surface area contributed by atoms with E-state index in [0.29, 0.717) is 0 Å². The number of nitrogens with zero attached hydrogens (tertiary/aromatic N) is 2. The first-order valence-electron chi connectivity index (χ1n) is 6.57. The van der Waals surface area contributed by atoms with Gasteiger partial charge in [-0.3, -0.25) is 9.59 Å². The van der Waals surface area contributed by atoms with Gasteiger partial charge in [-0.1, -0.05) is 12.1 Å². The lowest BCUT2D eigenvalue weighted by Gasteiger charge is -2.21. The Hall–Kier alpha value is -2.17. The van der Waals surface area contributed by atoms with Crippen LogP contribution in [0.3, 0.4) is 0 Å². The average molecular weight is 274 g/mol. The molecule has 0 radical (unpaired) electrons.